The second-order valence-corrected chi connectivity index (χ2v) is 10.8. The molecule has 2 atom stereocenters. The van der Waals surface area contributed by atoms with Gasteiger partial charge in [0.2, 0.25) is 0 Å². The first-order valence-corrected chi connectivity index (χ1v) is 12.4. The summed E-state index contributed by atoms with van der Waals surface area (Å²) < 4.78 is 11.7. The van der Waals surface area contributed by atoms with Crippen LogP contribution in [0.5, 0.6) is 0 Å². The minimum Gasteiger partial charge on any atom is -0.459 e. The second kappa shape index (κ2) is 13.0. The molecule has 0 saturated heterocycles. The minimum atomic E-state index is -0.441. The molecule has 0 aliphatic heterocycles. The molecule has 4 heteroatoms. The third kappa shape index (κ3) is 9.34. The summed E-state index contributed by atoms with van der Waals surface area (Å²) in [5.41, 5.74) is 1.44. The number of carbonyl (C=O) groups excluding carboxylic acids is 2. The molecular weight excluding hydrogens is 400 g/mol. The van der Waals surface area contributed by atoms with E-state index in [1.54, 1.807) is 6.07 Å². The van der Waals surface area contributed by atoms with Gasteiger partial charge in [-0.15, -0.1) is 0 Å². The summed E-state index contributed by atoms with van der Waals surface area (Å²) in [4.78, 5) is 26.3. The third-order valence-electron chi connectivity index (χ3n) is 5.92. The quantitative estimate of drug-likeness (QED) is 0.308. The molecule has 1 aromatic carbocycles. The largest absolute Gasteiger partial charge is 0.459 e. The van der Waals surface area contributed by atoms with E-state index in [1.165, 1.54) is 0 Å². The highest BCUT2D eigenvalue weighted by molar-refractivity contribution is 6.03. The van der Waals surface area contributed by atoms with Crippen molar-refractivity contribution in [1.29, 1.82) is 0 Å². The third-order valence-corrected chi connectivity index (χ3v) is 5.92. The molecule has 0 amide bonds. The Labute approximate surface area is 196 Å². The van der Waals surface area contributed by atoms with Gasteiger partial charge < -0.3 is 9.47 Å². The Bertz CT molecular complexity index is 727. The van der Waals surface area contributed by atoms with E-state index in [2.05, 4.69) is 48.5 Å². The summed E-state index contributed by atoms with van der Waals surface area (Å²) in [6, 6.07) is 5.45. The van der Waals surface area contributed by atoms with Crippen LogP contribution in [0.2, 0.25) is 0 Å². The van der Waals surface area contributed by atoms with E-state index in [0.29, 0.717) is 23.0 Å². The maximum absolute atomic E-state index is 13.2. The summed E-state index contributed by atoms with van der Waals surface area (Å²) in [5.74, 6) is 0.225. The number of rotatable bonds is 12. The molecule has 0 aliphatic rings. The summed E-state index contributed by atoms with van der Waals surface area (Å²) in [7, 11) is 0. The zero-order valence-electron chi connectivity index (χ0n) is 21.9. The van der Waals surface area contributed by atoms with Crippen LogP contribution >= 0.6 is 0 Å². The lowest BCUT2D eigenvalue weighted by atomic mass is 9.85. The Morgan fingerprint density at radius 2 is 1.19 bits per heavy atom. The van der Waals surface area contributed by atoms with Crippen LogP contribution in [0, 0.1) is 11.8 Å². The van der Waals surface area contributed by atoms with Gasteiger partial charge in [0.25, 0.3) is 0 Å². The van der Waals surface area contributed by atoms with Crippen molar-refractivity contribution in [3.63, 3.8) is 0 Å². The van der Waals surface area contributed by atoms with E-state index in [4.69, 9.17) is 9.47 Å². The molecule has 4 nitrogen and oxygen atoms in total. The predicted molar refractivity (Wildman–Crippen MR) is 132 cm³/mol. The fourth-order valence-corrected chi connectivity index (χ4v) is 3.52. The Morgan fingerprint density at radius 3 is 1.56 bits per heavy atom. The van der Waals surface area contributed by atoms with E-state index >= 15 is 0 Å². The van der Waals surface area contributed by atoms with Gasteiger partial charge in [0.05, 0.1) is 11.1 Å². The fraction of sp³-hybridized carbons (Fsp3) is 0.714. The minimum absolute atomic E-state index is 0.148. The molecular formula is C28H46O4. The highest BCUT2D eigenvalue weighted by atomic mass is 16.5. The van der Waals surface area contributed by atoms with Crippen molar-refractivity contribution in [2.45, 2.75) is 118 Å². The summed E-state index contributed by atoms with van der Waals surface area (Å²) in [6.45, 7) is 19.0. The van der Waals surface area contributed by atoms with Gasteiger partial charge in [-0.2, -0.15) is 0 Å². The van der Waals surface area contributed by atoms with Gasteiger partial charge in [-0.3, -0.25) is 0 Å². The van der Waals surface area contributed by atoms with Crippen LogP contribution < -0.4 is 0 Å². The molecule has 0 aromatic heterocycles. The van der Waals surface area contributed by atoms with E-state index in [9.17, 15) is 9.59 Å². The smallest absolute Gasteiger partial charge is 0.339 e. The molecule has 1 aromatic rings. The van der Waals surface area contributed by atoms with E-state index < -0.39 is 11.9 Å². The topological polar surface area (TPSA) is 52.6 Å². The average molecular weight is 447 g/mol. The predicted octanol–water partition coefficient (Wildman–Crippen LogP) is 7.73. The van der Waals surface area contributed by atoms with Crippen molar-refractivity contribution < 1.29 is 19.1 Å². The van der Waals surface area contributed by atoms with E-state index in [1.807, 2.05) is 26.0 Å². The number of esters is 2. The molecule has 0 bridgehead atoms. The maximum Gasteiger partial charge on any atom is 0.339 e. The SMILES string of the molecule is CCC(CCC(C)C)OC(=O)c1ccc(C(C)(C)C)cc1C(=O)OC(CC)CCC(C)C. The molecule has 0 heterocycles. The van der Waals surface area contributed by atoms with Crippen molar-refractivity contribution in [3.8, 4) is 0 Å². The van der Waals surface area contributed by atoms with Gasteiger partial charge in [0, 0.05) is 0 Å². The highest BCUT2D eigenvalue weighted by Crippen LogP contribution is 2.27. The normalized spacial score (nSPS) is 13.8. The first-order chi connectivity index (χ1) is 14.9. The van der Waals surface area contributed by atoms with Crippen LogP contribution in [0.3, 0.4) is 0 Å². The molecule has 0 fully saturated rings. The van der Waals surface area contributed by atoms with Gasteiger partial charge in [0.1, 0.15) is 12.2 Å². The number of benzene rings is 1. The zero-order chi connectivity index (χ0) is 24.5. The Morgan fingerprint density at radius 1 is 0.750 bits per heavy atom. The van der Waals surface area contributed by atoms with Gasteiger partial charge in [-0.05, 0) is 73.5 Å². The average Bonchev–Trinajstić information content (AvgIpc) is 2.72. The Balaban J connectivity index is 3.18. The monoisotopic (exact) mass is 446 g/mol. The van der Waals surface area contributed by atoms with Gasteiger partial charge in [-0.1, -0.05) is 68.4 Å². The van der Waals surface area contributed by atoms with Gasteiger partial charge in [-0.25, -0.2) is 9.59 Å². The number of carbonyl (C=O) groups is 2. The summed E-state index contributed by atoms with van der Waals surface area (Å²) in [6.07, 6.45) is 4.86. The van der Waals surface area contributed by atoms with Crippen molar-refractivity contribution in [2.24, 2.45) is 11.8 Å². The molecule has 182 valence electrons. The fourth-order valence-electron chi connectivity index (χ4n) is 3.52. The lowest BCUT2D eigenvalue weighted by molar-refractivity contribution is 0.0213. The number of ether oxygens (including phenoxy) is 2. The van der Waals surface area contributed by atoms with Crippen LogP contribution in [0.25, 0.3) is 0 Å². The summed E-state index contributed by atoms with van der Waals surface area (Å²) in [5, 5.41) is 0. The summed E-state index contributed by atoms with van der Waals surface area (Å²) >= 11 is 0. The molecule has 0 N–H and O–H groups in total. The molecule has 0 saturated carbocycles. The van der Waals surface area contributed by atoms with Crippen LogP contribution in [0.4, 0.5) is 0 Å². The van der Waals surface area contributed by atoms with Crippen LogP contribution in [0.1, 0.15) is 127 Å². The molecule has 2 unspecified atom stereocenters. The van der Waals surface area contributed by atoms with E-state index in [-0.39, 0.29) is 17.6 Å². The molecule has 0 radical (unpaired) electrons. The molecule has 0 aliphatic carbocycles. The van der Waals surface area contributed by atoms with Crippen molar-refractivity contribution in [1.82, 2.24) is 0 Å². The molecule has 1 rings (SSSR count). The number of hydrogen-bond acceptors (Lipinski definition) is 4. The van der Waals surface area contributed by atoms with Crippen LogP contribution in [0.15, 0.2) is 18.2 Å². The first-order valence-electron chi connectivity index (χ1n) is 12.4. The lowest BCUT2D eigenvalue weighted by Crippen LogP contribution is -2.24. The first kappa shape index (κ1) is 28.2. The lowest BCUT2D eigenvalue weighted by Gasteiger charge is -2.23. The van der Waals surface area contributed by atoms with Gasteiger partial charge in [0.15, 0.2) is 0 Å². The standard InChI is InChI=1S/C28H46O4/c1-10-22(15-12-19(3)4)31-26(29)24-17-14-21(28(7,8)9)18-25(24)27(30)32-23(11-2)16-13-20(5)6/h14,17-20,22-23H,10-13,15-16H2,1-9H3. The van der Waals surface area contributed by atoms with Crippen molar-refractivity contribution in [3.05, 3.63) is 34.9 Å². The maximum atomic E-state index is 13.2. The van der Waals surface area contributed by atoms with Gasteiger partial charge >= 0.3 is 11.9 Å². The van der Waals surface area contributed by atoms with Crippen LogP contribution in [-0.4, -0.2) is 24.1 Å². The van der Waals surface area contributed by atoms with Crippen molar-refractivity contribution >= 4 is 11.9 Å². The molecule has 0 spiro atoms. The second-order valence-electron chi connectivity index (χ2n) is 10.8. The number of hydrogen-bond donors (Lipinski definition) is 0. The van der Waals surface area contributed by atoms with Crippen molar-refractivity contribution in [2.75, 3.05) is 0 Å². The van der Waals surface area contributed by atoms with E-state index in [0.717, 1.165) is 44.1 Å². The Hall–Kier alpha value is -1.84. The highest BCUT2D eigenvalue weighted by Gasteiger charge is 2.26. The Kier molecular flexibility index (Phi) is 11.5. The zero-order valence-corrected chi connectivity index (χ0v) is 21.9. The van der Waals surface area contributed by atoms with Crippen LogP contribution in [-0.2, 0) is 14.9 Å². The molecule has 32 heavy (non-hydrogen) atoms.